The lowest BCUT2D eigenvalue weighted by atomic mass is 10.0. The standard InChI is InChI=1S/C23H30N2O3S2/c1-17-11-13-19(14-12-17)25-30(27,28)22-10-6-7-20(15-22)24-23(26)18(2)16-29-21-8-4-3-5-9-21/h6-7,10-15,18,21,25H,3-5,8-9,16H2,1-2H3,(H,24,26). The van der Waals surface area contributed by atoms with Crippen molar-refractivity contribution >= 4 is 39.1 Å². The molecule has 0 saturated heterocycles. The Morgan fingerprint density at radius 2 is 1.77 bits per heavy atom. The third-order valence-electron chi connectivity index (χ3n) is 5.30. The van der Waals surface area contributed by atoms with Crippen molar-refractivity contribution in [1.82, 2.24) is 0 Å². The van der Waals surface area contributed by atoms with Gasteiger partial charge in [-0.2, -0.15) is 11.8 Å². The molecule has 2 aromatic rings. The van der Waals surface area contributed by atoms with Crippen LogP contribution in [0.2, 0.25) is 0 Å². The lowest BCUT2D eigenvalue weighted by molar-refractivity contribution is -0.118. The molecular weight excluding hydrogens is 416 g/mol. The summed E-state index contributed by atoms with van der Waals surface area (Å²) in [7, 11) is -3.73. The zero-order valence-corrected chi connectivity index (χ0v) is 19.2. The van der Waals surface area contributed by atoms with E-state index in [1.165, 1.54) is 44.2 Å². The number of hydrogen-bond acceptors (Lipinski definition) is 4. The molecule has 1 aliphatic carbocycles. The van der Waals surface area contributed by atoms with Crippen LogP contribution in [0.5, 0.6) is 0 Å². The highest BCUT2D eigenvalue weighted by atomic mass is 32.2. The van der Waals surface area contributed by atoms with Crippen molar-refractivity contribution in [2.75, 3.05) is 15.8 Å². The van der Waals surface area contributed by atoms with Gasteiger partial charge in [-0.1, -0.05) is 49.9 Å². The van der Waals surface area contributed by atoms with E-state index in [-0.39, 0.29) is 16.7 Å². The molecule has 1 atom stereocenters. The van der Waals surface area contributed by atoms with E-state index >= 15 is 0 Å². The Labute approximate surface area is 184 Å². The molecule has 1 fully saturated rings. The Morgan fingerprint density at radius 3 is 2.47 bits per heavy atom. The number of hydrogen-bond donors (Lipinski definition) is 2. The highest BCUT2D eigenvalue weighted by Gasteiger charge is 2.20. The molecule has 5 nitrogen and oxygen atoms in total. The minimum Gasteiger partial charge on any atom is -0.326 e. The highest BCUT2D eigenvalue weighted by molar-refractivity contribution is 7.99. The quantitative estimate of drug-likeness (QED) is 0.566. The SMILES string of the molecule is Cc1ccc(NS(=O)(=O)c2cccc(NC(=O)C(C)CSC3CCCCC3)c2)cc1. The van der Waals surface area contributed by atoms with Crippen molar-refractivity contribution in [2.45, 2.75) is 56.1 Å². The summed E-state index contributed by atoms with van der Waals surface area (Å²) >= 11 is 1.89. The monoisotopic (exact) mass is 446 g/mol. The van der Waals surface area contributed by atoms with Crippen molar-refractivity contribution in [3.05, 3.63) is 54.1 Å². The lowest BCUT2D eigenvalue weighted by Crippen LogP contribution is -2.23. The lowest BCUT2D eigenvalue weighted by Gasteiger charge is -2.22. The molecular formula is C23H30N2O3S2. The Morgan fingerprint density at radius 1 is 1.07 bits per heavy atom. The zero-order chi connectivity index (χ0) is 21.6. The maximum absolute atomic E-state index is 12.7. The molecule has 0 spiro atoms. The number of anilines is 2. The predicted octanol–water partition coefficient (Wildman–Crippen LogP) is 5.44. The molecule has 0 bridgehead atoms. The van der Waals surface area contributed by atoms with Gasteiger partial charge in [-0.25, -0.2) is 8.42 Å². The van der Waals surface area contributed by atoms with Gasteiger partial charge in [-0.15, -0.1) is 0 Å². The van der Waals surface area contributed by atoms with E-state index in [9.17, 15) is 13.2 Å². The van der Waals surface area contributed by atoms with Gasteiger partial charge < -0.3 is 5.32 Å². The Balaban J connectivity index is 1.59. The average molecular weight is 447 g/mol. The molecule has 2 N–H and O–H groups in total. The Bertz CT molecular complexity index is 953. The van der Waals surface area contributed by atoms with E-state index in [0.717, 1.165) is 11.3 Å². The molecule has 2 aromatic carbocycles. The number of carbonyl (C=O) groups is 1. The number of rotatable bonds is 8. The number of thioether (sulfide) groups is 1. The maximum atomic E-state index is 12.7. The summed E-state index contributed by atoms with van der Waals surface area (Å²) in [6.45, 7) is 3.86. The van der Waals surface area contributed by atoms with Crippen LogP contribution in [-0.4, -0.2) is 25.3 Å². The van der Waals surface area contributed by atoms with Crippen LogP contribution >= 0.6 is 11.8 Å². The fraction of sp³-hybridized carbons (Fsp3) is 0.435. The smallest absolute Gasteiger partial charge is 0.261 e. The maximum Gasteiger partial charge on any atom is 0.261 e. The summed E-state index contributed by atoms with van der Waals surface area (Å²) in [5.74, 6) is 0.561. The average Bonchev–Trinajstić information content (AvgIpc) is 2.74. The van der Waals surface area contributed by atoms with Crippen LogP contribution in [-0.2, 0) is 14.8 Å². The number of benzene rings is 2. The molecule has 162 valence electrons. The third kappa shape index (κ3) is 6.51. The van der Waals surface area contributed by atoms with Gasteiger partial charge in [0.05, 0.1) is 4.90 Å². The first-order valence-electron chi connectivity index (χ1n) is 10.5. The van der Waals surface area contributed by atoms with Crippen LogP contribution in [0.3, 0.4) is 0 Å². The van der Waals surface area contributed by atoms with Crippen LogP contribution < -0.4 is 10.0 Å². The summed E-state index contributed by atoms with van der Waals surface area (Å²) in [6.07, 6.45) is 6.39. The van der Waals surface area contributed by atoms with E-state index in [1.54, 1.807) is 24.3 Å². The Hall–Kier alpha value is -1.99. The fourth-order valence-electron chi connectivity index (χ4n) is 3.43. The summed E-state index contributed by atoms with van der Waals surface area (Å²) in [6, 6.07) is 13.5. The minimum atomic E-state index is -3.73. The second-order valence-electron chi connectivity index (χ2n) is 7.98. The topological polar surface area (TPSA) is 75.3 Å². The van der Waals surface area contributed by atoms with Gasteiger partial charge in [-0.3, -0.25) is 9.52 Å². The van der Waals surface area contributed by atoms with E-state index < -0.39 is 10.0 Å². The first-order valence-corrected chi connectivity index (χ1v) is 13.0. The molecule has 30 heavy (non-hydrogen) atoms. The summed E-state index contributed by atoms with van der Waals surface area (Å²) in [5, 5.41) is 3.53. The minimum absolute atomic E-state index is 0.0839. The number of sulfonamides is 1. The Kier molecular flexibility index (Phi) is 7.83. The van der Waals surface area contributed by atoms with Crippen molar-refractivity contribution in [3.63, 3.8) is 0 Å². The van der Waals surface area contributed by atoms with Gasteiger partial charge in [0, 0.05) is 28.3 Å². The summed E-state index contributed by atoms with van der Waals surface area (Å²) in [4.78, 5) is 12.7. The van der Waals surface area contributed by atoms with Crippen molar-refractivity contribution in [2.24, 2.45) is 5.92 Å². The normalized spacial score (nSPS) is 16.1. The second-order valence-corrected chi connectivity index (χ2v) is 11.0. The van der Waals surface area contributed by atoms with E-state index in [4.69, 9.17) is 0 Å². The van der Waals surface area contributed by atoms with Crippen molar-refractivity contribution in [3.8, 4) is 0 Å². The van der Waals surface area contributed by atoms with Gasteiger partial charge in [0.2, 0.25) is 5.91 Å². The molecule has 0 radical (unpaired) electrons. The third-order valence-corrected chi connectivity index (χ3v) is 8.31. The molecule has 1 saturated carbocycles. The van der Waals surface area contributed by atoms with Crippen LogP contribution in [0, 0.1) is 12.8 Å². The van der Waals surface area contributed by atoms with E-state index in [1.807, 2.05) is 37.7 Å². The predicted molar refractivity (Wildman–Crippen MR) is 126 cm³/mol. The van der Waals surface area contributed by atoms with Crippen molar-refractivity contribution in [1.29, 1.82) is 0 Å². The van der Waals surface area contributed by atoms with E-state index in [2.05, 4.69) is 10.0 Å². The highest BCUT2D eigenvalue weighted by Crippen LogP contribution is 2.29. The first kappa shape index (κ1) is 22.7. The van der Waals surface area contributed by atoms with Crippen LogP contribution in [0.1, 0.15) is 44.6 Å². The zero-order valence-electron chi connectivity index (χ0n) is 17.6. The number of nitrogens with one attached hydrogen (secondary N) is 2. The van der Waals surface area contributed by atoms with Gasteiger partial charge >= 0.3 is 0 Å². The van der Waals surface area contributed by atoms with Crippen LogP contribution in [0.15, 0.2) is 53.4 Å². The van der Waals surface area contributed by atoms with Crippen LogP contribution in [0.4, 0.5) is 11.4 Å². The van der Waals surface area contributed by atoms with Crippen LogP contribution in [0.25, 0.3) is 0 Å². The van der Waals surface area contributed by atoms with Gasteiger partial charge in [-0.05, 0) is 50.1 Å². The summed E-state index contributed by atoms with van der Waals surface area (Å²) in [5.41, 5.74) is 2.04. The molecule has 7 heteroatoms. The number of amides is 1. The van der Waals surface area contributed by atoms with Gasteiger partial charge in [0.25, 0.3) is 10.0 Å². The molecule has 3 rings (SSSR count). The fourth-order valence-corrected chi connectivity index (χ4v) is 5.91. The number of aryl methyl sites for hydroxylation is 1. The number of carbonyl (C=O) groups excluding carboxylic acids is 1. The van der Waals surface area contributed by atoms with Gasteiger partial charge in [0.1, 0.15) is 0 Å². The van der Waals surface area contributed by atoms with Gasteiger partial charge in [0.15, 0.2) is 0 Å². The van der Waals surface area contributed by atoms with Crippen molar-refractivity contribution < 1.29 is 13.2 Å². The second kappa shape index (κ2) is 10.4. The largest absolute Gasteiger partial charge is 0.326 e. The molecule has 1 amide bonds. The molecule has 0 aromatic heterocycles. The van der Waals surface area contributed by atoms with E-state index in [0.29, 0.717) is 16.6 Å². The molecule has 0 aliphatic heterocycles. The first-order chi connectivity index (χ1) is 14.3. The molecule has 1 aliphatic rings. The molecule has 1 unspecified atom stereocenters. The summed E-state index contributed by atoms with van der Waals surface area (Å²) < 4.78 is 28.0. The molecule has 0 heterocycles.